The molecule has 0 saturated carbocycles. The van der Waals surface area contributed by atoms with E-state index in [0.29, 0.717) is 6.42 Å². The second kappa shape index (κ2) is 3.37. The molecule has 0 aromatic heterocycles. The van der Waals surface area contributed by atoms with Crippen molar-refractivity contribution < 1.29 is 5.11 Å². The van der Waals surface area contributed by atoms with Gasteiger partial charge in [-0.2, -0.15) is 0 Å². The smallest absolute Gasteiger partial charge is 0.0671 e. The van der Waals surface area contributed by atoms with Crippen LogP contribution < -0.4 is 0 Å². The highest BCUT2D eigenvalue weighted by Crippen LogP contribution is 2.15. The van der Waals surface area contributed by atoms with Crippen LogP contribution in [0.15, 0.2) is 37.0 Å². The predicted octanol–water partition coefficient (Wildman–Crippen LogP) is 1.67. The van der Waals surface area contributed by atoms with Crippen molar-refractivity contribution in [1.29, 1.82) is 0 Å². The van der Waals surface area contributed by atoms with E-state index in [4.69, 9.17) is 0 Å². The van der Waals surface area contributed by atoms with Crippen LogP contribution >= 0.6 is 0 Å². The summed E-state index contributed by atoms with van der Waals surface area (Å²) in [4.78, 5) is 0. The SMILES string of the molecule is C=CCC(O)C1C=CC=C1. The van der Waals surface area contributed by atoms with Crippen LogP contribution in [0.1, 0.15) is 6.42 Å². The zero-order valence-electron chi connectivity index (χ0n) is 5.90. The molecule has 0 bridgehead atoms. The van der Waals surface area contributed by atoms with Gasteiger partial charge in [-0.05, 0) is 6.42 Å². The lowest BCUT2D eigenvalue weighted by Crippen LogP contribution is -2.13. The zero-order valence-corrected chi connectivity index (χ0v) is 5.90. The number of rotatable bonds is 3. The van der Waals surface area contributed by atoms with Gasteiger partial charge in [0.2, 0.25) is 0 Å². The van der Waals surface area contributed by atoms with E-state index in [1.807, 2.05) is 24.3 Å². The molecule has 0 aliphatic heterocycles. The Bertz CT molecular complexity index is 156. The first kappa shape index (κ1) is 7.29. The van der Waals surface area contributed by atoms with Gasteiger partial charge in [0.15, 0.2) is 0 Å². The van der Waals surface area contributed by atoms with Crippen molar-refractivity contribution >= 4 is 0 Å². The van der Waals surface area contributed by atoms with Gasteiger partial charge in [0, 0.05) is 5.92 Å². The number of allylic oxidation sites excluding steroid dienone is 2. The summed E-state index contributed by atoms with van der Waals surface area (Å²) in [7, 11) is 0. The lowest BCUT2D eigenvalue weighted by atomic mass is 10.0. The van der Waals surface area contributed by atoms with E-state index in [2.05, 4.69) is 6.58 Å². The second-order valence-corrected chi connectivity index (χ2v) is 2.44. The van der Waals surface area contributed by atoms with Crippen LogP contribution in [-0.2, 0) is 0 Å². The molecule has 54 valence electrons. The van der Waals surface area contributed by atoms with E-state index >= 15 is 0 Å². The lowest BCUT2D eigenvalue weighted by molar-refractivity contribution is 0.153. The van der Waals surface area contributed by atoms with E-state index in [9.17, 15) is 5.11 Å². The summed E-state index contributed by atoms with van der Waals surface area (Å²) in [5.41, 5.74) is 0. The standard InChI is InChI=1S/C9H12O/c1-2-5-9(10)8-6-3-4-7-8/h2-4,6-10H,1,5H2. The number of aliphatic hydroxyl groups is 1. The van der Waals surface area contributed by atoms with E-state index in [0.717, 1.165) is 0 Å². The third-order valence-electron chi connectivity index (χ3n) is 1.63. The van der Waals surface area contributed by atoms with Gasteiger partial charge < -0.3 is 5.11 Å². The lowest BCUT2D eigenvalue weighted by Gasteiger charge is -2.11. The number of hydrogen-bond acceptors (Lipinski definition) is 1. The Morgan fingerprint density at radius 3 is 2.60 bits per heavy atom. The molecule has 0 fully saturated rings. The van der Waals surface area contributed by atoms with Gasteiger partial charge >= 0.3 is 0 Å². The summed E-state index contributed by atoms with van der Waals surface area (Å²) in [6.07, 6.45) is 10.0. The Hall–Kier alpha value is -0.820. The number of hydrogen-bond donors (Lipinski definition) is 1. The Balaban J connectivity index is 2.40. The van der Waals surface area contributed by atoms with Crippen molar-refractivity contribution in [1.82, 2.24) is 0 Å². The van der Waals surface area contributed by atoms with Crippen molar-refractivity contribution in [3.8, 4) is 0 Å². The molecular formula is C9H12O. The fourth-order valence-electron chi connectivity index (χ4n) is 1.03. The van der Waals surface area contributed by atoms with Gasteiger partial charge in [-0.1, -0.05) is 30.4 Å². The van der Waals surface area contributed by atoms with Crippen molar-refractivity contribution in [3.63, 3.8) is 0 Å². The molecule has 0 heterocycles. The predicted molar refractivity (Wildman–Crippen MR) is 42.6 cm³/mol. The van der Waals surface area contributed by atoms with Crippen molar-refractivity contribution in [2.45, 2.75) is 12.5 Å². The summed E-state index contributed by atoms with van der Waals surface area (Å²) in [6.45, 7) is 3.56. The average Bonchev–Trinajstić information content (AvgIpc) is 2.38. The van der Waals surface area contributed by atoms with Gasteiger partial charge in [-0.3, -0.25) is 0 Å². The molecule has 1 rings (SSSR count). The number of aliphatic hydroxyl groups excluding tert-OH is 1. The molecule has 1 atom stereocenters. The molecule has 1 N–H and O–H groups in total. The molecule has 0 saturated heterocycles. The molecule has 0 aromatic rings. The normalized spacial score (nSPS) is 19.7. The molecule has 0 amide bonds. The van der Waals surface area contributed by atoms with Crippen LogP contribution in [0.2, 0.25) is 0 Å². The first-order valence-corrected chi connectivity index (χ1v) is 3.48. The maximum atomic E-state index is 9.38. The van der Waals surface area contributed by atoms with Gasteiger partial charge in [0.25, 0.3) is 0 Å². The molecule has 1 heteroatoms. The molecular weight excluding hydrogens is 124 g/mol. The van der Waals surface area contributed by atoms with Gasteiger partial charge in [0.05, 0.1) is 6.10 Å². The summed E-state index contributed by atoms with van der Waals surface area (Å²) >= 11 is 0. The topological polar surface area (TPSA) is 20.2 Å². The minimum Gasteiger partial charge on any atom is -0.392 e. The molecule has 0 radical (unpaired) electrons. The van der Waals surface area contributed by atoms with Gasteiger partial charge in [-0.25, -0.2) is 0 Å². The summed E-state index contributed by atoms with van der Waals surface area (Å²) < 4.78 is 0. The molecule has 1 aliphatic rings. The summed E-state index contributed by atoms with van der Waals surface area (Å²) in [6, 6.07) is 0. The van der Waals surface area contributed by atoms with Crippen LogP contribution in [-0.4, -0.2) is 11.2 Å². The first-order valence-electron chi connectivity index (χ1n) is 3.48. The first-order chi connectivity index (χ1) is 4.84. The molecule has 0 spiro atoms. The summed E-state index contributed by atoms with van der Waals surface area (Å²) in [5.74, 6) is 0.206. The Morgan fingerprint density at radius 1 is 1.50 bits per heavy atom. The second-order valence-electron chi connectivity index (χ2n) is 2.44. The highest BCUT2D eigenvalue weighted by molar-refractivity contribution is 5.19. The quantitative estimate of drug-likeness (QED) is 0.585. The molecule has 0 aromatic carbocycles. The minimum atomic E-state index is -0.285. The van der Waals surface area contributed by atoms with Crippen molar-refractivity contribution in [2.75, 3.05) is 0 Å². The molecule has 10 heavy (non-hydrogen) atoms. The van der Waals surface area contributed by atoms with Crippen molar-refractivity contribution in [3.05, 3.63) is 37.0 Å². The van der Waals surface area contributed by atoms with Crippen molar-refractivity contribution in [2.24, 2.45) is 5.92 Å². The van der Waals surface area contributed by atoms with Gasteiger partial charge in [-0.15, -0.1) is 6.58 Å². The third-order valence-corrected chi connectivity index (χ3v) is 1.63. The fraction of sp³-hybridized carbons (Fsp3) is 0.333. The molecule has 1 aliphatic carbocycles. The van der Waals surface area contributed by atoms with E-state index in [-0.39, 0.29) is 12.0 Å². The minimum absolute atomic E-state index is 0.206. The van der Waals surface area contributed by atoms with E-state index in [1.165, 1.54) is 0 Å². The third kappa shape index (κ3) is 1.58. The Kier molecular flexibility index (Phi) is 2.46. The highest BCUT2D eigenvalue weighted by atomic mass is 16.3. The Morgan fingerprint density at radius 2 is 2.10 bits per heavy atom. The fourth-order valence-corrected chi connectivity index (χ4v) is 1.03. The molecule has 1 nitrogen and oxygen atoms in total. The highest BCUT2D eigenvalue weighted by Gasteiger charge is 2.12. The average molecular weight is 136 g/mol. The zero-order chi connectivity index (χ0) is 7.40. The maximum absolute atomic E-state index is 9.38. The largest absolute Gasteiger partial charge is 0.392 e. The van der Waals surface area contributed by atoms with Crippen LogP contribution in [0.3, 0.4) is 0 Å². The van der Waals surface area contributed by atoms with E-state index < -0.39 is 0 Å². The maximum Gasteiger partial charge on any atom is 0.0671 e. The van der Waals surface area contributed by atoms with Crippen LogP contribution in [0.5, 0.6) is 0 Å². The van der Waals surface area contributed by atoms with Crippen LogP contribution in [0, 0.1) is 5.92 Å². The summed E-state index contributed by atoms with van der Waals surface area (Å²) in [5, 5.41) is 9.38. The molecule has 1 unspecified atom stereocenters. The van der Waals surface area contributed by atoms with E-state index in [1.54, 1.807) is 6.08 Å². The Labute approximate surface area is 61.4 Å². The van der Waals surface area contributed by atoms with Crippen LogP contribution in [0.4, 0.5) is 0 Å². The monoisotopic (exact) mass is 136 g/mol. The van der Waals surface area contributed by atoms with Gasteiger partial charge in [0.1, 0.15) is 0 Å². The van der Waals surface area contributed by atoms with Crippen LogP contribution in [0.25, 0.3) is 0 Å².